The molecule has 0 saturated heterocycles. The van der Waals surface area contributed by atoms with Gasteiger partial charge in [-0.05, 0) is 102 Å². The SMILES string of the molecule is COc1ccc2c(c1)c(C(=O)C(=O)Nc1cccc(Cl)c1)c(Cl)n2Cc1ccc(Cl)cc1.COc1cccc(NC(=O)C(=O)c2c(Cl)n(Cc3ccc(Cl)cc3)c3ccc(OC)cc23)c1. The molecule has 0 bridgehead atoms. The topological polar surface area (TPSA) is 130 Å². The summed E-state index contributed by atoms with van der Waals surface area (Å²) < 4.78 is 19.4. The monoisotopic (exact) mass is 968 g/mol. The molecule has 6 aromatic carbocycles. The molecule has 0 spiro atoms. The van der Waals surface area contributed by atoms with E-state index in [0.717, 1.165) is 11.1 Å². The zero-order chi connectivity index (χ0) is 46.4. The molecule has 2 aromatic heterocycles. The summed E-state index contributed by atoms with van der Waals surface area (Å²) in [6.07, 6.45) is 0. The van der Waals surface area contributed by atoms with Crippen LogP contribution in [0.15, 0.2) is 133 Å². The summed E-state index contributed by atoms with van der Waals surface area (Å²) in [5, 5.41) is 8.26. The fourth-order valence-electron chi connectivity index (χ4n) is 7.01. The molecular weight excluding hydrogens is 934 g/mol. The summed E-state index contributed by atoms with van der Waals surface area (Å²) in [5.74, 6) is -1.49. The van der Waals surface area contributed by atoms with Crippen molar-refractivity contribution in [2.75, 3.05) is 32.0 Å². The second-order valence-electron chi connectivity index (χ2n) is 14.3. The number of amides is 2. The summed E-state index contributed by atoms with van der Waals surface area (Å²) in [4.78, 5) is 52.0. The van der Waals surface area contributed by atoms with Crippen LogP contribution in [-0.2, 0) is 22.7 Å². The third-order valence-electron chi connectivity index (χ3n) is 10.2. The number of nitrogens with one attached hydrogen (secondary N) is 2. The van der Waals surface area contributed by atoms with Crippen molar-refractivity contribution in [3.63, 3.8) is 0 Å². The lowest BCUT2D eigenvalue weighted by Crippen LogP contribution is -2.23. The Bertz CT molecular complexity index is 3090. The molecule has 2 N–H and O–H groups in total. The molecule has 330 valence electrons. The number of halogens is 5. The van der Waals surface area contributed by atoms with Crippen LogP contribution in [0.2, 0.25) is 25.4 Å². The Labute approximate surface area is 398 Å². The fraction of sp³-hybridized carbons (Fsp3) is 0.102. The van der Waals surface area contributed by atoms with Crippen molar-refractivity contribution in [1.29, 1.82) is 0 Å². The van der Waals surface area contributed by atoms with Gasteiger partial charge < -0.3 is 34.0 Å². The molecule has 11 nitrogen and oxygen atoms in total. The highest BCUT2D eigenvalue weighted by Crippen LogP contribution is 2.36. The van der Waals surface area contributed by atoms with Gasteiger partial charge in [-0.15, -0.1) is 0 Å². The van der Waals surface area contributed by atoms with E-state index in [2.05, 4.69) is 10.6 Å². The molecule has 0 fully saturated rings. The van der Waals surface area contributed by atoms with Crippen LogP contribution in [0.4, 0.5) is 11.4 Å². The summed E-state index contributed by atoms with van der Waals surface area (Å²) in [7, 11) is 4.58. The lowest BCUT2D eigenvalue weighted by molar-refractivity contribution is -0.113. The number of ketones is 2. The first kappa shape index (κ1) is 46.5. The van der Waals surface area contributed by atoms with Crippen LogP contribution >= 0.6 is 58.0 Å². The molecule has 2 amide bonds. The zero-order valence-corrected chi connectivity index (χ0v) is 38.5. The first-order chi connectivity index (χ1) is 31.3. The number of Topliss-reactive ketones (excluding diaryl/α,β-unsaturated/α-hetero) is 2. The summed E-state index contributed by atoms with van der Waals surface area (Å²) in [6.45, 7) is 0.783. The highest BCUT2D eigenvalue weighted by Gasteiger charge is 2.29. The number of benzene rings is 6. The fourth-order valence-corrected chi connectivity index (χ4v) is 8.13. The summed E-state index contributed by atoms with van der Waals surface area (Å²) >= 11 is 31.3. The van der Waals surface area contributed by atoms with Crippen LogP contribution in [0.3, 0.4) is 0 Å². The summed E-state index contributed by atoms with van der Waals surface area (Å²) in [6, 6.07) is 38.5. The van der Waals surface area contributed by atoms with E-state index in [1.807, 2.05) is 36.4 Å². The van der Waals surface area contributed by atoms with Crippen molar-refractivity contribution >= 4 is 115 Å². The van der Waals surface area contributed by atoms with Crippen molar-refractivity contribution in [2.45, 2.75) is 13.1 Å². The third-order valence-corrected chi connectivity index (χ3v) is 11.7. The van der Waals surface area contributed by atoms with E-state index in [4.69, 9.17) is 72.2 Å². The number of fused-ring (bicyclic) bond motifs is 2. The van der Waals surface area contributed by atoms with Crippen molar-refractivity contribution in [3.05, 3.63) is 181 Å². The number of methoxy groups -OCH3 is 3. The molecule has 0 aliphatic carbocycles. The van der Waals surface area contributed by atoms with Crippen molar-refractivity contribution in [3.8, 4) is 17.2 Å². The minimum atomic E-state index is -0.817. The maximum absolute atomic E-state index is 13.2. The molecule has 0 unspecified atom stereocenters. The number of anilines is 2. The highest BCUT2D eigenvalue weighted by atomic mass is 35.5. The minimum Gasteiger partial charge on any atom is -0.497 e. The van der Waals surface area contributed by atoms with Gasteiger partial charge >= 0.3 is 0 Å². The number of rotatable bonds is 13. The van der Waals surface area contributed by atoms with Gasteiger partial charge in [-0.25, -0.2) is 0 Å². The van der Waals surface area contributed by atoms with E-state index in [9.17, 15) is 19.2 Å². The Morgan fingerprint density at radius 2 is 0.862 bits per heavy atom. The van der Waals surface area contributed by atoms with E-state index in [1.54, 1.807) is 106 Å². The molecule has 16 heteroatoms. The molecule has 0 radical (unpaired) electrons. The van der Waals surface area contributed by atoms with Crippen LogP contribution in [0.25, 0.3) is 21.8 Å². The maximum Gasteiger partial charge on any atom is 0.296 e. The average Bonchev–Trinajstić information content (AvgIpc) is 3.74. The molecule has 2 heterocycles. The van der Waals surface area contributed by atoms with Crippen molar-refractivity contribution in [2.24, 2.45) is 0 Å². The number of carbonyl (C=O) groups is 4. The van der Waals surface area contributed by atoms with Crippen LogP contribution in [0.1, 0.15) is 31.8 Å². The van der Waals surface area contributed by atoms with E-state index in [1.165, 1.54) is 21.3 Å². The molecule has 8 rings (SSSR count). The van der Waals surface area contributed by atoms with Crippen LogP contribution in [0, 0.1) is 0 Å². The quantitative estimate of drug-likeness (QED) is 0.0869. The highest BCUT2D eigenvalue weighted by molar-refractivity contribution is 6.52. The van der Waals surface area contributed by atoms with E-state index >= 15 is 0 Å². The van der Waals surface area contributed by atoms with Crippen LogP contribution in [0.5, 0.6) is 17.2 Å². The minimum absolute atomic E-state index is 0.106. The standard InChI is InChI=1S/C25H20Cl2N2O4.C24H17Cl3N2O3/c1-32-18-5-3-4-17(12-18)28-25(31)23(30)22-20-13-19(33-2)10-11-21(20)29(24(22)27)14-15-6-8-16(26)9-7-15;1-32-18-9-10-20-19(12-18)21(22(30)24(31)28-17-4-2-3-16(26)11-17)23(27)29(20)13-14-5-7-15(25)8-6-14/h3-13H,14H2,1-2H3,(H,28,31);2-12H,13H2,1H3,(H,28,31). The molecular formula is C49H37Cl5N4O7. The predicted octanol–water partition coefficient (Wildman–Crippen LogP) is 12.3. The predicted molar refractivity (Wildman–Crippen MR) is 258 cm³/mol. The van der Waals surface area contributed by atoms with Gasteiger partial charge in [0.1, 0.15) is 27.6 Å². The van der Waals surface area contributed by atoms with Gasteiger partial charge in [0.15, 0.2) is 0 Å². The molecule has 0 saturated carbocycles. The van der Waals surface area contributed by atoms with E-state index in [-0.39, 0.29) is 21.4 Å². The van der Waals surface area contributed by atoms with E-state index < -0.39 is 23.4 Å². The normalized spacial score (nSPS) is 10.8. The van der Waals surface area contributed by atoms with Gasteiger partial charge in [-0.3, -0.25) is 19.2 Å². The van der Waals surface area contributed by atoms with Gasteiger partial charge in [0.05, 0.1) is 43.5 Å². The Hall–Kier alpha value is -6.47. The number of ether oxygens (including phenoxy) is 3. The molecule has 65 heavy (non-hydrogen) atoms. The zero-order valence-electron chi connectivity index (χ0n) is 34.8. The average molecular weight is 971 g/mol. The molecule has 8 aromatic rings. The largest absolute Gasteiger partial charge is 0.497 e. The van der Waals surface area contributed by atoms with E-state index in [0.29, 0.717) is 78.6 Å². The number of hydrogen-bond acceptors (Lipinski definition) is 7. The van der Waals surface area contributed by atoms with Gasteiger partial charge in [0, 0.05) is 56.4 Å². The first-order valence-electron chi connectivity index (χ1n) is 19.6. The Morgan fingerprint density at radius 1 is 0.462 bits per heavy atom. The van der Waals surface area contributed by atoms with Crippen LogP contribution < -0.4 is 24.8 Å². The van der Waals surface area contributed by atoms with Crippen molar-refractivity contribution in [1.82, 2.24) is 9.13 Å². The number of aromatic nitrogens is 2. The van der Waals surface area contributed by atoms with Gasteiger partial charge in [0.25, 0.3) is 23.4 Å². The maximum atomic E-state index is 13.2. The number of carbonyl (C=O) groups excluding carboxylic acids is 4. The number of nitrogens with zero attached hydrogens (tertiary/aromatic N) is 2. The second kappa shape index (κ2) is 20.6. The lowest BCUT2D eigenvalue weighted by atomic mass is 10.1. The third kappa shape index (κ3) is 10.6. The van der Waals surface area contributed by atoms with Gasteiger partial charge in [0.2, 0.25) is 0 Å². The molecule has 0 aliphatic heterocycles. The Balaban J connectivity index is 0.000000194. The van der Waals surface area contributed by atoms with Crippen molar-refractivity contribution < 1.29 is 33.4 Å². The lowest BCUT2D eigenvalue weighted by Gasteiger charge is -2.08. The molecule has 0 atom stereocenters. The van der Waals surface area contributed by atoms with Gasteiger partial charge in [-0.1, -0.05) is 94.4 Å². The smallest absolute Gasteiger partial charge is 0.296 e. The van der Waals surface area contributed by atoms with Gasteiger partial charge in [-0.2, -0.15) is 0 Å². The summed E-state index contributed by atoms with van der Waals surface area (Å²) in [5.41, 5.74) is 4.34. The van der Waals surface area contributed by atoms with Crippen LogP contribution in [-0.4, -0.2) is 53.8 Å². The number of hydrogen-bond donors (Lipinski definition) is 2. The Kier molecular flexibility index (Phi) is 14.7. The molecule has 0 aliphatic rings. The second-order valence-corrected chi connectivity index (χ2v) is 16.4. The first-order valence-corrected chi connectivity index (χ1v) is 21.5. The Morgan fingerprint density at radius 3 is 1.28 bits per heavy atom.